The molecule has 0 aliphatic heterocycles. The second-order valence-corrected chi connectivity index (χ2v) is 7.53. The number of carbonyl (C=O) groups excluding carboxylic acids is 1. The number of nitrogens with zero attached hydrogens (tertiary/aromatic N) is 2. The number of aromatic amines is 1. The number of halogens is 4. The summed E-state index contributed by atoms with van der Waals surface area (Å²) in [4.78, 5) is 22.8. The van der Waals surface area contributed by atoms with E-state index in [9.17, 15) is 18.0 Å². The third kappa shape index (κ3) is 4.41. The molecule has 1 amide bonds. The maximum atomic E-state index is 12.6. The minimum absolute atomic E-state index is 0.118. The third-order valence-electron chi connectivity index (χ3n) is 4.74. The summed E-state index contributed by atoms with van der Waals surface area (Å²) in [6, 6.07) is 5.05. The van der Waals surface area contributed by atoms with Crippen molar-refractivity contribution in [1.82, 2.24) is 20.3 Å². The van der Waals surface area contributed by atoms with Crippen LogP contribution in [-0.2, 0) is 0 Å². The molecule has 162 valence electrons. The van der Waals surface area contributed by atoms with Gasteiger partial charge in [0, 0.05) is 22.5 Å². The summed E-state index contributed by atoms with van der Waals surface area (Å²) in [7, 11) is 0. The molecule has 0 saturated heterocycles. The van der Waals surface area contributed by atoms with Crippen LogP contribution in [0.1, 0.15) is 34.5 Å². The number of anilines is 2. The quantitative estimate of drug-likeness (QED) is 0.366. The monoisotopic (exact) mass is 451 g/mol. The molecule has 1 aliphatic rings. The first-order valence-corrected chi connectivity index (χ1v) is 9.64. The average molecular weight is 452 g/mol. The predicted molar refractivity (Wildman–Crippen MR) is 111 cm³/mol. The smallest absolute Gasteiger partial charge is 0.383 e. The summed E-state index contributed by atoms with van der Waals surface area (Å²) in [5, 5.41) is 14.3. The largest absolute Gasteiger partial charge is 0.405 e. The molecule has 0 atom stereocenters. The average Bonchev–Trinajstić information content (AvgIpc) is 3.46. The molecule has 0 bridgehead atoms. The lowest BCUT2D eigenvalue weighted by Crippen LogP contribution is -2.25. The molecule has 2 heterocycles. The molecule has 3 aromatic rings. The first-order valence-electron chi connectivity index (χ1n) is 9.26. The van der Waals surface area contributed by atoms with Gasteiger partial charge in [-0.2, -0.15) is 13.2 Å². The first kappa shape index (κ1) is 20.9. The maximum absolute atomic E-state index is 12.6. The maximum Gasteiger partial charge on any atom is 0.405 e. The number of aromatic nitrogens is 3. The topological polar surface area (TPSA) is 133 Å². The van der Waals surface area contributed by atoms with Crippen LogP contribution < -0.4 is 16.4 Å². The number of hydrogen-bond donors (Lipinski definition) is 5. The molecule has 0 radical (unpaired) electrons. The Balaban J connectivity index is 1.69. The summed E-state index contributed by atoms with van der Waals surface area (Å²) >= 11 is 6.43. The van der Waals surface area contributed by atoms with Crippen molar-refractivity contribution in [2.75, 3.05) is 17.6 Å². The highest BCUT2D eigenvalue weighted by molar-refractivity contribution is 6.40. The number of carbonyl (C=O) groups is 1. The van der Waals surface area contributed by atoms with Crippen LogP contribution in [0.25, 0.3) is 10.9 Å². The number of H-pyrrole nitrogens is 1. The number of amides is 1. The van der Waals surface area contributed by atoms with Crippen LogP contribution >= 0.6 is 11.6 Å². The Morgan fingerprint density at radius 2 is 2.06 bits per heavy atom. The zero-order valence-corrected chi connectivity index (χ0v) is 16.7. The van der Waals surface area contributed by atoms with Gasteiger partial charge in [-0.25, -0.2) is 9.97 Å². The molecule has 6 N–H and O–H groups in total. The van der Waals surface area contributed by atoms with E-state index in [-0.39, 0.29) is 45.6 Å². The molecule has 1 saturated carbocycles. The number of nitrogen functional groups attached to an aromatic ring is 1. The van der Waals surface area contributed by atoms with E-state index in [0.29, 0.717) is 16.5 Å². The normalized spacial score (nSPS) is 13.9. The third-order valence-corrected chi connectivity index (χ3v) is 5.14. The summed E-state index contributed by atoms with van der Waals surface area (Å²) in [6.07, 6.45) is -1.58. The van der Waals surface area contributed by atoms with Crippen LogP contribution in [0.5, 0.6) is 0 Å². The Morgan fingerprint density at radius 3 is 2.74 bits per heavy atom. The molecule has 2 aromatic heterocycles. The van der Waals surface area contributed by atoms with E-state index in [1.807, 2.05) is 0 Å². The Bertz CT molecular complexity index is 1190. The summed E-state index contributed by atoms with van der Waals surface area (Å²) in [5.74, 6) is -0.635. The zero-order chi connectivity index (χ0) is 22.3. The fourth-order valence-corrected chi connectivity index (χ4v) is 3.37. The lowest BCUT2D eigenvalue weighted by Gasteiger charge is -2.14. The molecule has 1 aliphatic carbocycles. The van der Waals surface area contributed by atoms with Crippen molar-refractivity contribution in [2.45, 2.75) is 25.1 Å². The lowest BCUT2D eigenvalue weighted by atomic mass is 10.1. The second kappa shape index (κ2) is 7.73. The van der Waals surface area contributed by atoms with Crippen molar-refractivity contribution in [3.8, 4) is 0 Å². The highest BCUT2D eigenvalue weighted by Gasteiger charge is 2.29. The van der Waals surface area contributed by atoms with Gasteiger partial charge in [-0.05, 0) is 25.0 Å². The number of rotatable bonds is 6. The predicted octanol–water partition coefficient (Wildman–Crippen LogP) is 3.48. The Labute approximate surface area is 178 Å². The molecule has 1 fully saturated rings. The fraction of sp³-hybridized carbons (Fsp3) is 0.263. The van der Waals surface area contributed by atoms with Crippen LogP contribution in [0, 0.1) is 5.41 Å². The van der Waals surface area contributed by atoms with E-state index < -0.39 is 12.7 Å². The summed E-state index contributed by atoms with van der Waals surface area (Å²) < 4.78 is 37.9. The number of nitrogens with one attached hydrogen (secondary N) is 4. The van der Waals surface area contributed by atoms with Gasteiger partial charge in [-0.3, -0.25) is 10.2 Å². The molecule has 31 heavy (non-hydrogen) atoms. The van der Waals surface area contributed by atoms with Gasteiger partial charge in [0.15, 0.2) is 0 Å². The van der Waals surface area contributed by atoms with E-state index in [4.69, 9.17) is 22.7 Å². The van der Waals surface area contributed by atoms with Crippen LogP contribution in [0.3, 0.4) is 0 Å². The number of alkyl halides is 3. The number of fused-ring (bicyclic) bond motifs is 1. The number of nitrogens with two attached hydrogens (primary N) is 1. The van der Waals surface area contributed by atoms with Crippen molar-refractivity contribution in [1.29, 1.82) is 5.41 Å². The van der Waals surface area contributed by atoms with Crippen LogP contribution in [0.2, 0.25) is 5.02 Å². The lowest BCUT2D eigenvalue weighted by molar-refractivity contribution is -0.115. The molecule has 8 nitrogen and oxygen atoms in total. The Hall–Kier alpha value is -3.34. The van der Waals surface area contributed by atoms with Crippen molar-refractivity contribution >= 4 is 45.8 Å². The minimum Gasteiger partial charge on any atom is -0.383 e. The molecular formula is C19H17ClF3N7O. The van der Waals surface area contributed by atoms with Gasteiger partial charge in [0.1, 0.15) is 24.5 Å². The van der Waals surface area contributed by atoms with Crippen LogP contribution in [-0.4, -0.2) is 45.3 Å². The number of hydrogen-bond acceptors (Lipinski definition) is 6. The molecule has 0 spiro atoms. The van der Waals surface area contributed by atoms with Crippen molar-refractivity contribution in [3.05, 3.63) is 46.4 Å². The summed E-state index contributed by atoms with van der Waals surface area (Å²) in [6.45, 7) is -1.36. The van der Waals surface area contributed by atoms with E-state index >= 15 is 0 Å². The van der Waals surface area contributed by atoms with Gasteiger partial charge in [0.2, 0.25) is 0 Å². The number of benzene rings is 1. The highest BCUT2D eigenvalue weighted by atomic mass is 35.5. The van der Waals surface area contributed by atoms with Gasteiger partial charge >= 0.3 is 6.18 Å². The van der Waals surface area contributed by atoms with Crippen molar-refractivity contribution in [2.24, 2.45) is 0 Å². The van der Waals surface area contributed by atoms with Gasteiger partial charge in [-0.15, -0.1) is 0 Å². The Morgan fingerprint density at radius 1 is 1.32 bits per heavy atom. The van der Waals surface area contributed by atoms with Gasteiger partial charge in [0.05, 0.1) is 22.0 Å². The van der Waals surface area contributed by atoms with Gasteiger partial charge < -0.3 is 21.4 Å². The molecule has 4 rings (SSSR count). The minimum atomic E-state index is -4.49. The fourth-order valence-electron chi connectivity index (χ4n) is 3.06. The highest BCUT2D eigenvalue weighted by Crippen LogP contribution is 2.32. The standard InChI is InChI=1S/C19H17ClF3N7O/c20-13-10-4-1-8(18(31)29-9-2-3-9)5-11(10)30-15(13)14(24)12-16(25)27-7-28-17(12)26-6-19(21,22)23/h1,4-5,7,9,24,30H,2-3,6H2,(H,29,31)(H3,25,26,27,28). The molecular weight excluding hydrogens is 435 g/mol. The van der Waals surface area contributed by atoms with E-state index in [1.54, 1.807) is 18.2 Å². The van der Waals surface area contributed by atoms with Crippen molar-refractivity contribution in [3.63, 3.8) is 0 Å². The SMILES string of the molecule is N=C(c1[nH]c2cc(C(=O)NC3CC3)ccc2c1Cl)c1c(N)ncnc1NCC(F)(F)F. The van der Waals surface area contributed by atoms with Crippen LogP contribution in [0.15, 0.2) is 24.5 Å². The van der Waals surface area contributed by atoms with E-state index in [2.05, 4.69) is 25.6 Å². The van der Waals surface area contributed by atoms with Gasteiger partial charge in [0.25, 0.3) is 5.91 Å². The van der Waals surface area contributed by atoms with E-state index in [1.165, 1.54) is 0 Å². The summed E-state index contributed by atoms with van der Waals surface area (Å²) in [5.41, 5.74) is 6.47. The van der Waals surface area contributed by atoms with Crippen molar-refractivity contribution < 1.29 is 18.0 Å². The Kier molecular flexibility index (Phi) is 5.21. The van der Waals surface area contributed by atoms with Gasteiger partial charge in [-0.1, -0.05) is 17.7 Å². The molecule has 0 unspecified atom stereocenters. The second-order valence-electron chi connectivity index (χ2n) is 7.15. The van der Waals surface area contributed by atoms with Crippen LogP contribution in [0.4, 0.5) is 24.8 Å². The molecule has 1 aromatic carbocycles. The molecule has 12 heteroatoms. The first-order chi connectivity index (χ1) is 14.6. The zero-order valence-electron chi connectivity index (χ0n) is 15.9. The van der Waals surface area contributed by atoms with E-state index in [0.717, 1.165) is 19.2 Å².